The van der Waals surface area contributed by atoms with Crippen LogP contribution in [-0.4, -0.2) is 39.3 Å². The van der Waals surface area contributed by atoms with Gasteiger partial charge in [0.25, 0.3) is 5.56 Å². The maximum Gasteiger partial charge on any atom is 0.264 e. The summed E-state index contributed by atoms with van der Waals surface area (Å²) in [7, 11) is -3.05. The summed E-state index contributed by atoms with van der Waals surface area (Å²) in [5.74, 6) is 0.153. The first-order chi connectivity index (χ1) is 12.3. The van der Waals surface area contributed by atoms with E-state index in [-0.39, 0.29) is 29.7 Å². The van der Waals surface area contributed by atoms with Crippen LogP contribution < -0.4 is 5.56 Å². The first kappa shape index (κ1) is 17.5. The summed E-state index contributed by atoms with van der Waals surface area (Å²) in [6, 6.07) is 4.80. The highest BCUT2D eigenvalue weighted by molar-refractivity contribution is 7.91. The Labute approximate surface area is 159 Å². The van der Waals surface area contributed by atoms with Gasteiger partial charge in [0.15, 0.2) is 15.5 Å². The topological polar surface area (TPSA) is 86.8 Å². The Bertz CT molecular complexity index is 1170. The Balaban J connectivity index is 1.71. The fraction of sp³-hybridized carbons (Fsp3) is 0.312. The van der Waals surface area contributed by atoms with Crippen molar-refractivity contribution >= 4 is 44.1 Å². The number of nitrogens with zero attached hydrogens (tertiary/aromatic N) is 4. The Hall–Kier alpha value is -1.90. The van der Waals surface area contributed by atoms with Gasteiger partial charge in [-0.25, -0.2) is 18.1 Å². The molecule has 1 aliphatic heterocycles. The fourth-order valence-corrected chi connectivity index (χ4v) is 5.31. The molecule has 7 nitrogen and oxygen atoms in total. The lowest BCUT2D eigenvalue weighted by atomic mass is 10.2. The second-order valence-electron chi connectivity index (χ2n) is 6.30. The molecule has 26 heavy (non-hydrogen) atoms. The molecule has 3 aromatic rings. The molecule has 1 atom stereocenters. The van der Waals surface area contributed by atoms with Crippen LogP contribution in [0.5, 0.6) is 0 Å². The van der Waals surface area contributed by atoms with E-state index in [0.29, 0.717) is 27.5 Å². The van der Waals surface area contributed by atoms with Crippen LogP contribution in [-0.2, 0) is 16.4 Å². The lowest BCUT2D eigenvalue weighted by molar-refractivity contribution is 0.511. The van der Waals surface area contributed by atoms with Crippen molar-refractivity contribution in [3.05, 3.63) is 56.7 Å². The van der Waals surface area contributed by atoms with Crippen molar-refractivity contribution in [1.82, 2.24) is 19.3 Å². The SMILES string of the molecule is O=c1c2cnn(C3CCS(=O)(=O)C3)c2ncn1Cc1ccc(Cl)cc1Cl. The number of benzene rings is 1. The van der Waals surface area contributed by atoms with Crippen molar-refractivity contribution in [3.8, 4) is 0 Å². The van der Waals surface area contributed by atoms with Crippen LogP contribution in [0.1, 0.15) is 18.0 Å². The van der Waals surface area contributed by atoms with Crippen LogP contribution in [0.3, 0.4) is 0 Å². The minimum absolute atomic E-state index is 0.0227. The summed E-state index contributed by atoms with van der Waals surface area (Å²) in [6.45, 7) is 0.251. The Kier molecular flexibility index (Phi) is 4.29. The average molecular weight is 413 g/mol. The molecule has 0 saturated carbocycles. The predicted molar refractivity (Wildman–Crippen MR) is 99.7 cm³/mol. The number of aromatic nitrogens is 4. The van der Waals surface area contributed by atoms with Crippen molar-refractivity contribution in [3.63, 3.8) is 0 Å². The van der Waals surface area contributed by atoms with Crippen molar-refractivity contribution < 1.29 is 8.42 Å². The summed E-state index contributed by atoms with van der Waals surface area (Å²) in [5.41, 5.74) is 0.886. The van der Waals surface area contributed by atoms with Gasteiger partial charge in [-0.05, 0) is 24.1 Å². The molecule has 3 heterocycles. The van der Waals surface area contributed by atoms with Crippen molar-refractivity contribution in [2.75, 3.05) is 11.5 Å². The lowest BCUT2D eigenvalue weighted by Crippen LogP contribution is -2.22. The molecular weight excluding hydrogens is 399 g/mol. The molecule has 1 saturated heterocycles. The minimum atomic E-state index is -3.05. The van der Waals surface area contributed by atoms with Crippen LogP contribution in [0.25, 0.3) is 11.0 Å². The van der Waals surface area contributed by atoms with E-state index in [1.54, 1.807) is 22.9 Å². The van der Waals surface area contributed by atoms with Gasteiger partial charge in [0, 0.05) is 10.0 Å². The van der Waals surface area contributed by atoms with Crippen LogP contribution in [0, 0.1) is 0 Å². The minimum Gasteiger partial charge on any atom is -0.294 e. The molecule has 1 fully saturated rings. The lowest BCUT2D eigenvalue weighted by Gasteiger charge is -2.10. The number of fused-ring (bicyclic) bond motifs is 1. The Morgan fingerprint density at radius 2 is 2.08 bits per heavy atom. The van der Waals surface area contributed by atoms with Crippen LogP contribution in [0.4, 0.5) is 0 Å². The van der Waals surface area contributed by atoms with E-state index in [0.717, 1.165) is 5.56 Å². The van der Waals surface area contributed by atoms with Gasteiger partial charge in [0.1, 0.15) is 11.7 Å². The molecule has 10 heteroatoms. The highest BCUT2D eigenvalue weighted by Crippen LogP contribution is 2.25. The molecule has 2 aromatic heterocycles. The molecule has 4 rings (SSSR count). The van der Waals surface area contributed by atoms with Gasteiger partial charge in [-0.1, -0.05) is 29.3 Å². The van der Waals surface area contributed by atoms with E-state index >= 15 is 0 Å². The first-order valence-electron chi connectivity index (χ1n) is 7.91. The third kappa shape index (κ3) is 3.13. The zero-order valence-corrected chi connectivity index (χ0v) is 15.8. The van der Waals surface area contributed by atoms with Crippen LogP contribution in [0.15, 0.2) is 35.5 Å². The standard InChI is InChI=1S/C16H14Cl2N4O3S/c17-11-2-1-10(14(18)5-11)7-21-9-19-15-13(16(21)23)6-20-22(15)12-3-4-26(24,25)8-12/h1-2,5-6,9,12H,3-4,7-8H2. The second-order valence-corrected chi connectivity index (χ2v) is 9.37. The molecule has 1 aromatic carbocycles. The molecule has 136 valence electrons. The van der Waals surface area contributed by atoms with E-state index in [2.05, 4.69) is 10.1 Å². The summed E-state index contributed by atoms with van der Waals surface area (Å²) < 4.78 is 26.4. The maximum absolute atomic E-state index is 12.7. The molecular formula is C16H14Cl2N4O3S. The summed E-state index contributed by atoms with van der Waals surface area (Å²) >= 11 is 12.1. The molecule has 0 amide bonds. The molecule has 0 bridgehead atoms. The quantitative estimate of drug-likeness (QED) is 0.658. The van der Waals surface area contributed by atoms with Gasteiger partial charge in [-0.2, -0.15) is 5.10 Å². The number of sulfone groups is 1. The highest BCUT2D eigenvalue weighted by Gasteiger charge is 2.31. The molecule has 1 unspecified atom stereocenters. The summed E-state index contributed by atoms with van der Waals surface area (Å²) in [4.78, 5) is 17.1. The monoisotopic (exact) mass is 412 g/mol. The van der Waals surface area contributed by atoms with E-state index in [1.165, 1.54) is 17.1 Å². The molecule has 0 N–H and O–H groups in total. The van der Waals surface area contributed by atoms with Gasteiger partial charge in [-0.15, -0.1) is 0 Å². The number of hydrogen-bond donors (Lipinski definition) is 0. The van der Waals surface area contributed by atoms with Gasteiger partial charge in [0.05, 0.1) is 30.3 Å². The van der Waals surface area contributed by atoms with Gasteiger partial charge in [-0.3, -0.25) is 9.36 Å². The number of rotatable bonds is 3. The average Bonchev–Trinajstić information content (AvgIpc) is 3.15. The Morgan fingerprint density at radius 1 is 1.27 bits per heavy atom. The van der Waals surface area contributed by atoms with Gasteiger partial charge >= 0.3 is 0 Å². The molecule has 0 radical (unpaired) electrons. The summed E-state index contributed by atoms with van der Waals surface area (Å²) in [6.07, 6.45) is 3.34. The van der Waals surface area contributed by atoms with Gasteiger partial charge < -0.3 is 0 Å². The zero-order chi connectivity index (χ0) is 18.5. The molecule has 1 aliphatic rings. The largest absolute Gasteiger partial charge is 0.294 e. The third-order valence-corrected chi connectivity index (χ3v) is 6.83. The van der Waals surface area contributed by atoms with Gasteiger partial charge in [0.2, 0.25) is 0 Å². The fourth-order valence-electron chi connectivity index (χ4n) is 3.15. The van der Waals surface area contributed by atoms with E-state index in [4.69, 9.17) is 23.2 Å². The van der Waals surface area contributed by atoms with E-state index < -0.39 is 9.84 Å². The molecule has 0 spiro atoms. The number of hydrogen-bond acceptors (Lipinski definition) is 5. The zero-order valence-electron chi connectivity index (χ0n) is 13.5. The van der Waals surface area contributed by atoms with Crippen molar-refractivity contribution in [2.24, 2.45) is 0 Å². The maximum atomic E-state index is 12.7. The summed E-state index contributed by atoms with van der Waals surface area (Å²) in [5, 5.41) is 5.55. The van der Waals surface area contributed by atoms with Crippen LogP contribution in [0.2, 0.25) is 10.0 Å². The molecule has 0 aliphatic carbocycles. The Morgan fingerprint density at radius 3 is 2.77 bits per heavy atom. The number of halogens is 2. The normalized spacial score (nSPS) is 19.2. The van der Waals surface area contributed by atoms with Crippen LogP contribution >= 0.6 is 23.2 Å². The smallest absolute Gasteiger partial charge is 0.264 e. The van der Waals surface area contributed by atoms with Crippen molar-refractivity contribution in [1.29, 1.82) is 0 Å². The van der Waals surface area contributed by atoms with E-state index in [1.807, 2.05) is 0 Å². The second kappa shape index (κ2) is 6.37. The van der Waals surface area contributed by atoms with E-state index in [9.17, 15) is 13.2 Å². The van der Waals surface area contributed by atoms with Crippen molar-refractivity contribution in [2.45, 2.75) is 19.0 Å². The predicted octanol–water partition coefficient (Wildman–Crippen LogP) is 2.31. The third-order valence-electron chi connectivity index (χ3n) is 4.49. The highest BCUT2D eigenvalue weighted by atomic mass is 35.5. The first-order valence-corrected chi connectivity index (χ1v) is 10.5.